The number of nitrogens with zero attached hydrogens (tertiary/aromatic N) is 2. The van der Waals surface area contributed by atoms with E-state index in [1.165, 1.54) is 10.4 Å². The molecule has 114 valence electrons. The number of likely N-dealkylation sites (N-methyl/N-ethyl adjacent to an activating group) is 1. The molecule has 2 N–H and O–H groups in total. The van der Waals surface area contributed by atoms with Crippen molar-refractivity contribution in [1.82, 2.24) is 9.21 Å². The normalized spacial score (nSPS) is 20.9. The molecule has 0 radical (unpaired) electrons. The van der Waals surface area contributed by atoms with E-state index >= 15 is 0 Å². The van der Waals surface area contributed by atoms with Crippen LogP contribution in [0.4, 0.5) is 0 Å². The van der Waals surface area contributed by atoms with Gasteiger partial charge >= 0.3 is 0 Å². The molecule has 0 bridgehead atoms. The van der Waals surface area contributed by atoms with Gasteiger partial charge in [0.1, 0.15) is 5.76 Å². The van der Waals surface area contributed by atoms with Crippen molar-refractivity contribution in [2.24, 2.45) is 5.73 Å². The topological polar surface area (TPSA) is 79.8 Å². The number of hydrogen-bond donors (Lipinski definition) is 1. The molecular weight excluding hydrogens is 278 g/mol. The second kappa shape index (κ2) is 6.26. The largest absolute Gasteiger partial charge is 0.447 e. The maximum absolute atomic E-state index is 12.5. The van der Waals surface area contributed by atoms with Crippen LogP contribution in [0.15, 0.2) is 21.6 Å². The van der Waals surface area contributed by atoms with Crippen LogP contribution in [0.2, 0.25) is 0 Å². The standard InChI is InChI=1S/C13H23N3O3S/c1-3-15(4-2)11-7-8-16(10-11)20(17,18)13-6-5-12(9-14)19-13/h5-6,11H,3-4,7-10,14H2,1-2H3. The smallest absolute Gasteiger partial charge is 0.276 e. The third-order valence-corrected chi connectivity index (χ3v) is 5.63. The van der Waals surface area contributed by atoms with Gasteiger partial charge in [0, 0.05) is 19.1 Å². The Morgan fingerprint density at radius 3 is 2.65 bits per heavy atom. The summed E-state index contributed by atoms with van der Waals surface area (Å²) in [5, 5.41) is -0.00172. The molecule has 6 nitrogen and oxygen atoms in total. The molecule has 1 saturated heterocycles. The van der Waals surface area contributed by atoms with E-state index in [0.717, 1.165) is 19.5 Å². The first-order valence-corrected chi connectivity index (χ1v) is 8.49. The molecule has 7 heteroatoms. The Morgan fingerprint density at radius 2 is 2.10 bits per heavy atom. The Kier molecular flexibility index (Phi) is 4.85. The second-order valence-electron chi connectivity index (χ2n) is 4.95. The molecule has 1 aliphatic rings. The third kappa shape index (κ3) is 2.90. The quantitative estimate of drug-likeness (QED) is 0.842. The molecule has 0 amide bonds. The van der Waals surface area contributed by atoms with Crippen molar-refractivity contribution in [3.8, 4) is 0 Å². The first-order chi connectivity index (χ1) is 9.52. The van der Waals surface area contributed by atoms with Crippen molar-refractivity contribution >= 4 is 10.0 Å². The minimum absolute atomic E-state index is 0.00172. The van der Waals surface area contributed by atoms with Gasteiger partial charge in [0.2, 0.25) is 5.09 Å². The summed E-state index contributed by atoms with van der Waals surface area (Å²) in [6.45, 7) is 7.35. The maximum atomic E-state index is 12.5. The SMILES string of the molecule is CCN(CC)C1CCN(S(=O)(=O)c2ccc(CN)o2)C1. The van der Waals surface area contributed by atoms with Gasteiger partial charge in [-0.3, -0.25) is 4.90 Å². The highest BCUT2D eigenvalue weighted by molar-refractivity contribution is 7.89. The highest BCUT2D eigenvalue weighted by Crippen LogP contribution is 2.24. The molecule has 1 atom stereocenters. The molecule has 20 heavy (non-hydrogen) atoms. The molecule has 2 rings (SSSR count). The molecule has 1 fully saturated rings. The third-order valence-electron chi connectivity index (χ3n) is 3.89. The lowest BCUT2D eigenvalue weighted by atomic mass is 10.2. The van der Waals surface area contributed by atoms with Crippen molar-refractivity contribution in [2.45, 2.75) is 37.9 Å². The number of nitrogens with two attached hydrogens (primary N) is 1. The van der Waals surface area contributed by atoms with E-state index in [1.54, 1.807) is 6.07 Å². The Bertz CT molecular complexity index is 537. The van der Waals surface area contributed by atoms with Crippen molar-refractivity contribution in [3.63, 3.8) is 0 Å². The van der Waals surface area contributed by atoms with Gasteiger partial charge in [-0.25, -0.2) is 8.42 Å². The minimum Gasteiger partial charge on any atom is -0.447 e. The molecule has 1 unspecified atom stereocenters. The van der Waals surface area contributed by atoms with Gasteiger partial charge in [-0.1, -0.05) is 13.8 Å². The van der Waals surface area contributed by atoms with Crippen LogP contribution >= 0.6 is 0 Å². The van der Waals surface area contributed by atoms with Crippen LogP contribution in [0.5, 0.6) is 0 Å². The van der Waals surface area contributed by atoms with E-state index in [1.807, 2.05) is 0 Å². The summed E-state index contributed by atoms with van der Waals surface area (Å²) in [4.78, 5) is 2.29. The lowest BCUT2D eigenvalue weighted by Gasteiger charge is -2.25. The number of rotatable bonds is 6. The predicted molar refractivity (Wildman–Crippen MR) is 76.7 cm³/mol. The fourth-order valence-corrected chi connectivity index (χ4v) is 4.12. The van der Waals surface area contributed by atoms with Crippen molar-refractivity contribution in [3.05, 3.63) is 17.9 Å². The number of sulfonamides is 1. The van der Waals surface area contributed by atoms with Crippen molar-refractivity contribution in [1.29, 1.82) is 0 Å². The highest BCUT2D eigenvalue weighted by Gasteiger charge is 2.36. The molecule has 1 aromatic heterocycles. The highest BCUT2D eigenvalue weighted by atomic mass is 32.2. The zero-order valence-corrected chi connectivity index (χ0v) is 12.9. The van der Waals surface area contributed by atoms with Crippen LogP contribution in [0.25, 0.3) is 0 Å². The predicted octanol–water partition coefficient (Wildman–Crippen LogP) is 0.843. The molecule has 1 aromatic rings. The molecule has 0 spiro atoms. The van der Waals surface area contributed by atoms with Crippen LogP contribution in [0.3, 0.4) is 0 Å². The van der Waals surface area contributed by atoms with Crippen molar-refractivity contribution in [2.75, 3.05) is 26.2 Å². The van der Waals surface area contributed by atoms with E-state index in [4.69, 9.17) is 10.2 Å². The Balaban J connectivity index is 2.12. The zero-order valence-electron chi connectivity index (χ0n) is 12.1. The second-order valence-corrected chi connectivity index (χ2v) is 6.82. The first-order valence-electron chi connectivity index (χ1n) is 7.05. The number of furan rings is 1. The average molecular weight is 301 g/mol. The van der Waals surface area contributed by atoms with E-state index in [-0.39, 0.29) is 11.6 Å². The Hall–Kier alpha value is -0.890. The van der Waals surface area contributed by atoms with Crippen LogP contribution < -0.4 is 5.73 Å². The van der Waals surface area contributed by atoms with Gasteiger partial charge in [0.15, 0.2) is 0 Å². The lowest BCUT2D eigenvalue weighted by molar-refractivity contribution is 0.224. The molecule has 0 aromatic carbocycles. The maximum Gasteiger partial charge on any atom is 0.276 e. The minimum atomic E-state index is -3.53. The van der Waals surface area contributed by atoms with Gasteiger partial charge in [-0.2, -0.15) is 4.31 Å². The van der Waals surface area contributed by atoms with E-state index in [9.17, 15) is 8.42 Å². The van der Waals surface area contributed by atoms with Gasteiger partial charge in [-0.05, 0) is 31.6 Å². The summed E-state index contributed by atoms with van der Waals surface area (Å²) in [7, 11) is -3.53. The molecule has 2 heterocycles. The first kappa shape index (κ1) is 15.5. The van der Waals surface area contributed by atoms with Gasteiger partial charge < -0.3 is 10.2 Å². The summed E-state index contributed by atoms with van der Waals surface area (Å²) in [5.74, 6) is 0.489. The summed E-state index contributed by atoms with van der Waals surface area (Å²) in [5.41, 5.74) is 5.45. The van der Waals surface area contributed by atoms with E-state index in [0.29, 0.717) is 24.9 Å². The van der Waals surface area contributed by atoms with E-state index < -0.39 is 10.0 Å². The van der Waals surface area contributed by atoms with Crippen molar-refractivity contribution < 1.29 is 12.8 Å². The van der Waals surface area contributed by atoms with Crippen LogP contribution in [-0.2, 0) is 16.6 Å². The average Bonchev–Trinajstić information content (AvgIpc) is 3.09. The van der Waals surface area contributed by atoms with Crippen LogP contribution in [-0.4, -0.2) is 49.8 Å². The molecule has 0 saturated carbocycles. The fourth-order valence-electron chi connectivity index (χ4n) is 2.70. The van der Waals surface area contributed by atoms with Crippen LogP contribution in [0, 0.1) is 0 Å². The molecule has 1 aliphatic heterocycles. The Morgan fingerprint density at radius 1 is 1.40 bits per heavy atom. The monoisotopic (exact) mass is 301 g/mol. The number of hydrogen-bond acceptors (Lipinski definition) is 5. The molecule has 0 aliphatic carbocycles. The fraction of sp³-hybridized carbons (Fsp3) is 0.692. The van der Waals surface area contributed by atoms with Gasteiger partial charge in [0.05, 0.1) is 6.54 Å². The zero-order chi connectivity index (χ0) is 14.8. The summed E-state index contributed by atoms with van der Waals surface area (Å²) < 4.78 is 31.8. The Labute approximate surface area is 120 Å². The van der Waals surface area contributed by atoms with Gasteiger partial charge in [0.25, 0.3) is 10.0 Å². The summed E-state index contributed by atoms with van der Waals surface area (Å²) in [6.07, 6.45) is 0.866. The van der Waals surface area contributed by atoms with E-state index in [2.05, 4.69) is 18.7 Å². The summed E-state index contributed by atoms with van der Waals surface area (Å²) in [6, 6.07) is 3.40. The summed E-state index contributed by atoms with van der Waals surface area (Å²) >= 11 is 0. The molecular formula is C13H23N3O3S. The van der Waals surface area contributed by atoms with Gasteiger partial charge in [-0.15, -0.1) is 0 Å². The van der Waals surface area contributed by atoms with Crippen LogP contribution in [0.1, 0.15) is 26.0 Å². The lowest BCUT2D eigenvalue weighted by Crippen LogP contribution is -2.38.